The van der Waals surface area contributed by atoms with Gasteiger partial charge in [-0.05, 0) is 58.1 Å². The summed E-state index contributed by atoms with van der Waals surface area (Å²) in [6, 6.07) is 7.16. The fourth-order valence-electron chi connectivity index (χ4n) is 4.25. The minimum absolute atomic E-state index is 0.331. The van der Waals surface area contributed by atoms with E-state index in [2.05, 4.69) is 73.6 Å². The van der Waals surface area contributed by atoms with E-state index in [-0.39, 0.29) is 0 Å². The summed E-state index contributed by atoms with van der Waals surface area (Å²) in [6.07, 6.45) is 2.54. The molecule has 126 valence electrons. The van der Waals surface area contributed by atoms with Crippen LogP contribution in [0.1, 0.15) is 65.5 Å². The summed E-state index contributed by atoms with van der Waals surface area (Å²) in [4.78, 5) is 0. The molecule has 0 fully saturated rings. The maximum absolute atomic E-state index is 2.53. The molecule has 0 heterocycles. The highest BCUT2D eigenvalue weighted by Crippen LogP contribution is 2.53. The molecule has 0 saturated heterocycles. The molecule has 0 aliphatic heterocycles. The van der Waals surface area contributed by atoms with Crippen molar-refractivity contribution in [2.24, 2.45) is 5.92 Å². The second-order valence-electron chi connectivity index (χ2n) is 8.08. The van der Waals surface area contributed by atoms with Crippen LogP contribution in [0.4, 0.5) is 0 Å². The Morgan fingerprint density at radius 3 is 2.04 bits per heavy atom. The summed E-state index contributed by atoms with van der Waals surface area (Å²) in [6.45, 7) is 18.8. The Morgan fingerprint density at radius 1 is 0.957 bits per heavy atom. The van der Waals surface area contributed by atoms with E-state index in [0.717, 1.165) is 5.92 Å². The van der Waals surface area contributed by atoms with Gasteiger partial charge in [-0.1, -0.05) is 72.9 Å². The molecule has 2 atom stereocenters. The van der Waals surface area contributed by atoms with Gasteiger partial charge in [-0.15, -0.1) is 0 Å². The summed E-state index contributed by atoms with van der Waals surface area (Å²) in [7, 11) is -0.399. The van der Waals surface area contributed by atoms with Crippen LogP contribution in [-0.4, -0.2) is 9.52 Å². The van der Waals surface area contributed by atoms with Crippen LogP contribution < -0.4 is 5.19 Å². The first kappa shape index (κ1) is 18.3. The fraction of sp³-hybridized carbons (Fsp3) is 0.545. The molecule has 1 aliphatic rings. The average Bonchev–Trinajstić information content (AvgIpc) is 2.61. The Balaban J connectivity index is 2.43. The van der Waals surface area contributed by atoms with Gasteiger partial charge in [0, 0.05) is 5.04 Å². The predicted molar refractivity (Wildman–Crippen MR) is 108 cm³/mol. The third-order valence-corrected chi connectivity index (χ3v) is 8.64. The number of hydrogen-bond acceptors (Lipinski definition) is 0. The van der Waals surface area contributed by atoms with E-state index < -0.39 is 9.52 Å². The minimum atomic E-state index is -0.399. The van der Waals surface area contributed by atoms with Crippen molar-refractivity contribution in [3.8, 4) is 0 Å². The average molecular weight is 327 g/mol. The Hall–Kier alpha value is -1.08. The van der Waals surface area contributed by atoms with E-state index in [4.69, 9.17) is 0 Å². The van der Waals surface area contributed by atoms with Gasteiger partial charge in [0.25, 0.3) is 0 Å². The van der Waals surface area contributed by atoms with Crippen LogP contribution >= 0.6 is 0 Å². The van der Waals surface area contributed by atoms with Crippen molar-refractivity contribution in [1.82, 2.24) is 0 Å². The highest BCUT2D eigenvalue weighted by molar-refractivity contribution is 6.59. The van der Waals surface area contributed by atoms with Crippen LogP contribution in [-0.2, 0) is 0 Å². The van der Waals surface area contributed by atoms with Crippen molar-refractivity contribution in [3.05, 3.63) is 51.6 Å². The molecular formula is C22H34Si. The summed E-state index contributed by atoms with van der Waals surface area (Å²) >= 11 is 0. The van der Waals surface area contributed by atoms with Crippen LogP contribution in [0.2, 0.25) is 5.04 Å². The smallest absolute Gasteiger partial charge is 0.0651 e. The lowest BCUT2D eigenvalue weighted by atomic mass is 9.88. The molecule has 2 rings (SSSR count). The molecule has 1 heteroatoms. The number of hydrogen-bond donors (Lipinski definition) is 0. The third-order valence-electron chi connectivity index (χ3n) is 6.16. The molecule has 23 heavy (non-hydrogen) atoms. The number of rotatable bonds is 5. The van der Waals surface area contributed by atoms with Gasteiger partial charge in [0.1, 0.15) is 0 Å². The Morgan fingerprint density at radius 2 is 1.52 bits per heavy atom. The summed E-state index contributed by atoms with van der Waals surface area (Å²) in [5.41, 5.74) is 9.35. The largest absolute Gasteiger partial charge is 0.0706 e. The number of allylic oxidation sites excluding steroid dienone is 4. The van der Waals surface area contributed by atoms with Gasteiger partial charge < -0.3 is 0 Å². The van der Waals surface area contributed by atoms with Gasteiger partial charge >= 0.3 is 0 Å². The third kappa shape index (κ3) is 3.55. The molecule has 0 bridgehead atoms. The lowest BCUT2D eigenvalue weighted by Gasteiger charge is -2.32. The van der Waals surface area contributed by atoms with Crippen molar-refractivity contribution in [3.63, 3.8) is 0 Å². The Labute approximate surface area is 145 Å². The molecule has 0 amide bonds. The molecule has 0 radical (unpaired) electrons. The highest BCUT2D eigenvalue weighted by atomic mass is 28.2. The fourth-order valence-corrected chi connectivity index (χ4v) is 7.07. The number of aryl methyl sites for hydroxylation is 2. The molecule has 1 aromatic carbocycles. The molecule has 1 aliphatic carbocycles. The molecule has 0 spiro atoms. The molecule has 0 aromatic heterocycles. The van der Waals surface area contributed by atoms with E-state index in [1.54, 1.807) is 27.5 Å². The lowest BCUT2D eigenvalue weighted by Crippen LogP contribution is -2.30. The Bertz CT molecular complexity index is 642. The molecule has 2 unspecified atom stereocenters. The predicted octanol–water partition coefficient (Wildman–Crippen LogP) is 5.38. The van der Waals surface area contributed by atoms with Gasteiger partial charge in [0.15, 0.2) is 0 Å². The zero-order valence-corrected chi connectivity index (χ0v) is 17.8. The molecule has 0 nitrogen and oxygen atoms in total. The van der Waals surface area contributed by atoms with Crippen LogP contribution in [0.5, 0.6) is 0 Å². The molecule has 0 saturated carbocycles. The van der Waals surface area contributed by atoms with Crippen molar-refractivity contribution in [2.75, 3.05) is 0 Å². The minimum Gasteiger partial charge on any atom is -0.0651 e. The van der Waals surface area contributed by atoms with Crippen LogP contribution in [0.3, 0.4) is 0 Å². The first-order valence-electron chi connectivity index (χ1n) is 9.14. The first-order chi connectivity index (χ1) is 10.7. The van der Waals surface area contributed by atoms with Gasteiger partial charge in [0.05, 0.1) is 9.52 Å². The van der Waals surface area contributed by atoms with E-state index in [1.807, 2.05) is 0 Å². The zero-order valence-electron chi connectivity index (χ0n) is 16.4. The van der Waals surface area contributed by atoms with Crippen LogP contribution in [0.25, 0.3) is 0 Å². The Kier molecular flexibility index (Phi) is 5.40. The first-order valence-corrected chi connectivity index (χ1v) is 10.6. The standard InChI is InChI=1S/C22H34Si/c1-9-14(2)13-21-18(6)17(5)19(7)22(21,8)23-20-11-15(3)10-16(4)12-20/h10-12,14H,9,13,23H2,1-8H3. The normalized spacial score (nSPS) is 23.5. The molecular weight excluding hydrogens is 292 g/mol. The zero-order chi connectivity index (χ0) is 17.4. The maximum atomic E-state index is 2.53. The quantitative estimate of drug-likeness (QED) is 0.637. The SMILES string of the molecule is CCC(C)CC1=C(C)C(C)=C(C)C1(C)[SiH2]c1cc(C)cc(C)c1. The van der Waals surface area contributed by atoms with Crippen molar-refractivity contribution >= 4 is 14.7 Å². The van der Waals surface area contributed by atoms with Crippen LogP contribution in [0.15, 0.2) is 40.5 Å². The topological polar surface area (TPSA) is 0 Å². The molecule has 0 N–H and O–H groups in total. The summed E-state index contributed by atoms with van der Waals surface area (Å²) < 4.78 is 0. The van der Waals surface area contributed by atoms with Gasteiger partial charge in [-0.2, -0.15) is 0 Å². The highest BCUT2D eigenvalue weighted by Gasteiger charge is 2.39. The lowest BCUT2D eigenvalue weighted by molar-refractivity contribution is 0.536. The van der Waals surface area contributed by atoms with Gasteiger partial charge in [-0.25, -0.2) is 0 Å². The summed E-state index contributed by atoms with van der Waals surface area (Å²) in [5.74, 6) is 0.784. The van der Waals surface area contributed by atoms with Gasteiger partial charge in [0.2, 0.25) is 0 Å². The van der Waals surface area contributed by atoms with E-state index in [0.29, 0.717) is 5.04 Å². The molecule has 1 aromatic rings. The van der Waals surface area contributed by atoms with E-state index in [1.165, 1.54) is 24.0 Å². The van der Waals surface area contributed by atoms with Crippen molar-refractivity contribution in [1.29, 1.82) is 0 Å². The van der Waals surface area contributed by atoms with Crippen molar-refractivity contribution < 1.29 is 0 Å². The second-order valence-corrected chi connectivity index (χ2v) is 10.7. The maximum Gasteiger partial charge on any atom is 0.0706 e. The monoisotopic (exact) mass is 326 g/mol. The van der Waals surface area contributed by atoms with Gasteiger partial charge in [-0.3, -0.25) is 0 Å². The van der Waals surface area contributed by atoms with E-state index >= 15 is 0 Å². The van der Waals surface area contributed by atoms with Crippen LogP contribution in [0, 0.1) is 19.8 Å². The second kappa shape index (κ2) is 6.81. The van der Waals surface area contributed by atoms with Crippen molar-refractivity contribution in [2.45, 2.75) is 73.3 Å². The number of benzene rings is 1. The van der Waals surface area contributed by atoms with E-state index in [9.17, 15) is 0 Å². The summed E-state index contributed by atoms with van der Waals surface area (Å²) in [5, 5.41) is 1.95.